The van der Waals surface area contributed by atoms with E-state index in [1.165, 1.54) is 0 Å². The van der Waals surface area contributed by atoms with Gasteiger partial charge in [-0.3, -0.25) is 4.99 Å². The van der Waals surface area contributed by atoms with Crippen molar-refractivity contribution in [1.82, 2.24) is 5.32 Å². The number of aliphatic imine (C=N–C) groups is 1. The number of carboxylic acid groups (broad SMARTS) is 1. The zero-order chi connectivity index (χ0) is 17.9. The van der Waals surface area contributed by atoms with Crippen LogP contribution in [0.4, 0.5) is 0 Å². The van der Waals surface area contributed by atoms with Gasteiger partial charge in [-0.1, -0.05) is 55.1 Å². The van der Waals surface area contributed by atoms with Crippen LogP contribution in [0, 0.1) is 0 Å². The van der Waals surface area contributed by atoms with Crippen molar-refractivity contribution < 1.29 is 9.90 Å². The zero-order valence-electron chi connectivity index (χ0n) is 13.8. The minimum Gasteiger partial charge on any atom is -0.478 e. The highest BCUT2D eigenvalue weighted by Gasteiger charge is 2.17. The Balaban J connectivity index is 2.56. The number of hydrogen-bond donors (Lipinski definition) is 2. The molecule has 0 aliphatic heterocycles. The molecule has 2 atom stereocenters. The van der Waals surface area contributed by atoms with Crippen molar-refractivity contribution in [3.8, 4) is 0 Å². The topological polar surface area (TPSA) is 61.7 Å². The number of nitrogens with zero attached hydrogens (tertiary/aromatic N) is 1. The van der Waals surface area contributed by atoms with Crippen LogP contribution in [-0.2, 0) is 4.79 Å². The van der Waals surface area contributed by atoms with Crippen LogP contribution in [-0.4, -0.2) is 36.4 Å². The maximum absolute atomic E-state index is 10.6. The average Bonchev–Trinajstić information content (AvgIpc) is 2.57. The summed E-state index contributed by atoms with van der Waals surface area (Å²) in [5, 5.41) is 12.6. The first-order valence-electron chi connectivity index (χ1n) is 7.61. The van der Waals surface area contributed by atoms with Crippen LogP contribution in [0.5, 0.6) is 0 Å². The van der Waals surface area contributed by atoms with Gasteiger partial charge in [0.1, 0.15) is 0 Å². The van der Waals surface area contributed by atoms with Crippen molar-refractivity contribution in [2.45, 2.75) is 24.9 Å². The molecule has 128 valence electrons. The summed E-state index contributed by atoms with van der Waals surface area (Å²) < 4.78 is 0. The second-order valence-corrected chi connectivity index (χ2v) is 5.67. The first-order valence-corrected chi connectivity index (χ1v) is 7.99. The summed E-state index contributed by atoms with van der Waals surface area (Å²) in [5.74, 6) is -0.978. The normalized spacial score (nSPS) is 21.2. The van der Waals surface area contributed by atoms with Gasteiger partial charge in [0.05, 0.1) is 12.1 Å². The Kier molecular flexibility index (Phi) is 8.76. The maximum atomic E-state index is 10.6. The van der Waals surface area contributed by atoms with Crippen LogP contribution in [0.3, 0.4) is 0 Å². The Morgan fingerprint density at radius 2 is 2.25 bits per heavy atom. The Morgan fingerprint density at radius 3 is 2.88 bits per heavy atom. The van der Waals surface area contributed by atoms with E-state index < -0.39 is 5.97 Å². The Hall–Kier alpha value is -2.17. The van der Waals surface area contributed by atoms with Crippen LogP contribution in [0.2, 0.25) is 0 Å². The molecule has 1 aliphatic carbocycles. The second kappa shape index (κ2) is 10.6. The van der Waals surface area contributed by atoms with E-state index in [4.69, 9.17) is 16.7 Å². The largest absolute Gasteiger partial charge is 0.478 e. The molecule has 0 fully saturated rings. The van der Waals surface area contributed by atoms with Crippen molar-refractivity contribution in [3.05, 3.63) is 71.9 Å². The van der Waals surface area contributed by atoms with Gasteiger partial charge >= 0.3 is 5.97 Å². The van der Waals surface area contributed by atoms with Gasteiger partial charge in [-0.05, 0) is 31.2 Å². The monoisotopic (exact) mass is 346 g/mol. The highest BCUT2D eigenvalue weighted by atomic mass is 35.5. The third-order valence-corrected chi connectivity index (χ3v) is 3.72. The molecule has 0 saturated heterocycles. The standard InChI is InChI=1S/C19H23ClN2O2/c1-4-15(8-6-5-7-14(2)19(23)24)11-12-22-17-10-9-16(20)13-18(17)21-3/h4-6,8-10,12-13,17-18,21H,1-2,7,11H2,3H3,(H,23,24)/b6-5+,15-8+,22-12+. The van der Waals surface area contributed by atoms with E-state index in [0.717, 1.165) is 5.57 Å². The van der Waals surface area contributed by atoms with Crippen LogP contribution in [0.25, 0.3) is 0 Å². The summed E-state index contributed by atoms with van der Waals surface area (Å²) in [6, 6.07) is 0.0924. The Morgan fingerprint density at radius 1 is 1.50 bits per heavy atom. The van der Waals surface area contributed by atoms with E-state index in [2.05, 4.69) is 23.5 Å². The maximum Gasteiger partial charge on any atom is 0.331 e. The zero-order valence-corrected chi connectivity index (χ0v) is 14.5. The Labute approximate surface area is 148 Å². The van der Waals surface area contributed by atoms with Crippen LogP contribution < -0.4 is 5.32 Å². The van der Waals surface area contributed by atoms with Gasteiger partial charge in [-0.2, -0.15) is 0 Å². The molecule has 24 heavy (non-hydrogen) atoms. The molecule has 0 aromatic rings. The number of hydrogen-bond acceptors (Lipinski definition) is 3. The number of nitrogens with one attached hydrogen (secondary N) is 1. The smallest absolute Gasteiger partial charge is 0.331 e. The third-order valence-electron chi connectivity index (χ3n) is 3.47. The molecular weight excluding hydrogens is 324 g/mol. The lowest BCUT2D eigenvalue weighted by Gasteiger charge is -2.21. The third kappa shape index (κ3) is 6.94. The summed E-state index contributed by atoms with van der Waals surface area (Å²) in [7, 11) is 1.87. The quantitative estimate of drug-likeness (QED) is 0.379. The van der Waals surface area contributed by atoms with Crippen LogP contribution in [0.1, 0.15) is 12.8 Å². The van der Waals surface area contributed by atoms with E-state index >= 15 is 0 Å². The van der Waals surface area contributed by atoms with Gasteiger partial charge in [-0.15, -0.1) is 0 Å². The number of carbonyl (C=O) groups is 1. The molecule has 1 aliphatic rings. The molecule has 0 radical (unpaired) electrons. The molecule has 1 rings (SSSR count). The van der Waals surface area contributed by atoms with E-state index in [0.29, 0.717) is 17.9 Å². The van der Waals surface area contributed by atoms with Gasteiger partial charge in [0.2, 0.25) is 0 Å². The molecule has 2 unspecified atom stereocenters. The number of aliphatic carboxylic acids is 1. The van der Waals surface area contributed by atoms with Crippen LogP contribution in [0.15, 0.2) is 76.9 Å². The molecule has 0 spiro atoms. The predicted molar refractivity (Wildman–Crippen MR) is 102 cm³/mol. The summed E-state index contributed by atoms with van der Waals surface area (Å²) in [5.41, 5.74) is 1.15. The van der Waals surface area contributed by atoms with E-state index in [9.17, 15) is 4.79 Å². The molecule has 0 saturated carbocycles. The number of allylic oxidation sites excluding steroid dienone is 7. The lowest BCUT2D eigenvalue weighted by Crippen LogP contribution is -2.35. The molecule has 4 nitrogen and oxygen atoms in total. The van der Waals surface area contributed by atoms with E-state index in [1.54, 1.807) is 18.2 Å². The van der Waals surface area contributed by atoms with Gasteiger partial charge in [0.15, 0.2) is 0 Å². The van der Waals surface area contributed by atoms with Crippen molar-refractivity contribution in [2.75, 3.05) is 7.05 Å². The molecule has 0 heterocycles. The fraction of sp³-hybridized carbons (Fsp3) is 0.263. The first kappa shape index (κ1) is 19.9. The van der Waals surface area contributed by atoms with Crippen molar-refractivity contribution in [2.24, 2.45) is 4.99 Å². The fourth-order valence-corrected chi connectivity index (χ4v) is 2.23. The first-order chi connectivity index (χ1) is 11.5. The van der Waals surface area contributed by atoms with Crippen molar-refractivity contribution in [3.63, 3.8) is 0 Å². The number of halogens is 1. The molecule has 0 aromatic carbocycles. The molecule has 5 heteroatoms. The van der Waals surface area contributed by atoms with Gasteiger partial charge in [-0.25, -0.2) is 4.79 Å². The van der Waals surface area contributed by atoms with E-state index in [-0.39, 0.29) is 17.7 Å². The average molecular weight is 347 g/mol. The van der Waals surface area contributed by atoms with Crippen molar-refractivity contribution in [1.29, 1.82) is 0 Å². The second-order valence-electron chi connectivity index (χ2n) is 5.24. The number of rotatable bonds is 9. The van der Waals surface area contributed by atoms with Crippen molar-refractivity contribution >= 4 is 23.8 Å². The minimum atomic E-state index is -0.978. The predicted octanol–water partition coefficient (Wildman–Crippen LogP) is 3.80. The summed E-state index contributed by atoms with van der Waals surface area (Å²) in [6.45, 7) is 7.25. The highest BCUT2D eigenvalue weighted by molar-refractivity contribution is 6.31. The minimum absolute atomic E-state index is 0.0120. The molecule has 0 bridgehead atoms. The number of likely N-dealkylation sites (N-methyl/N-ethyl adjacent to an activating group) is 1. The van der Waals surface area contributed by atoms with Gasteiger partial charge in [0.25, 0.3) is 0 Å². The highest BCUT2D eigenvalue weighted by Crippen LogP contribution is 2.16. The fourth-order valence-electron chi connectivity index (χ4n) is 2.02. The van der Waals surface area contributed by atoms with E-state index in [1.807, 2.05) is 37.6 Å². The summed E-state index contributed by atoms with van der Waals surface area (Å²) >= 11 is 5.98. The molecule has 0 aromatic heterocycles. The number of carboxylic acids is 1. The lowest BCUT2D eigenvalue weighted by atomic mass is 10.0. The summed E-state index contributed by atoms with van der Waals surface area (Å²) in [6.07, 6.45) is 15.8. The summed E-state index contributed by atoms with van der Waals surface area (Å²) in [4.78, 5) is 15.2. The molecular formula is C19H23ClN2O2. The molecule has 0 amide bonds. The van der Waals surface area contributed by atoms with Gasteiger partial charge < -0.3 is 10.4 Å². The SMILES string of the molecule is C=C/C(=C\C=C\CC(=C)C(=O)O)C/C=N/C1C=CC(Cl)=CC1NC. The van der Waals surface area contributed by atoms with Gasteiger partial charge in [0, 0.05) is 23.2 Å². The molecule has 2 N–H and O–H groups in total. The van der Waals surface area contributed by atoms with Crippen LogP contribution >= 0.6 is 11.6 Å². The Bertz CT molecular complexity index is 627. The lowest BCUT2D eigenvalue weighted by molar-refractivity contribution is -0.132.